The second-order valence-corrected chi connectivity index (χ2v) is 14.0. The lowest BCUT2D eigenvalue weighted by Gasteiger charge is -2.46. The molecule has 0 spiro atoms. The van der Waals surface area contributed by atoms with Gasteiger partial charge in [0.1, 0.15) is 28.6 Å². The molecule has 8 rings (SSSR count). The van der Waals surface area contributed by atoms with Crippen molar-refractivity contribution in [1.29, 1.82) is 0 Å². The zero-order chi connectivity index (χ0) is 32.1. The Morgan fingerprint density at radius 1 is 1.02 bits per heavy atom. The van der Waals surface area contributed by atoms with Gasteiger partial charge in [0, 0.05) is 49.5 Å². The molecule has 2 aliphatic carbocycles. The Morgan fingerprint density at radius 2 is 1.89 bits per heavy atom. The van der Waals surface area contributed by atoms with Crippen molar-refractivity contribution in [2.75, 3.05) is 50.9 Å². The van der Waals surface area contributed by atoms with Crippen molar-refractivity contribution in [3.63, 3.8) is 0 Å². The number of pyridine rings is 1. The average molecular weight is 644 g/mol. The summed E-state index contributed by atoms with van der Waals surface area (Å²) in [5.74, 6) is 0.350. The van der Waals surface area contributed by atoms with Crippen molar-refractivity contribution >= 4 is 27.5 Å². The average Bonchev–Trinajstić information content (AvgIpc) is 3.85. The summed E-state index contributed by atoms with van der Waals surface area (Å²) in [4.78, 5) is 19.0. The van der Waals surface area contributed by atoms with Gasteiger partial charge in [0.05, 0.1) is 18.6 Å². The molecular formula is C37H43F2N5O3. The second-order valence-electron chi connectivity index (χ2n) is 14.0. The number of anilines is 1. The summed E-state index contributed by atoms with van der Waals surface area (Å²) in [5.41, 5.74) is 0.929. The van der Waals surface area contributed by atoms with E-state index < -0.39 is 5.82 Å². The van der Waals surface area contributed by atoms with Gasteiger partial charge >= 0.3 is 6.01 Å². The summed E-state index contributed by atoms with van der Waals surface area (Å²) in [6, 6.07) is 6.67. The Bertz CT molecular complexity index is 1810. The van der Waals surface area contributed by atoms with E-state index in [-0.39, 0.29) is 34.2 Å². The highest BCUT2D eigenvalue weighted by Crippen LogP contribution is 2.49. The Kier molecular flexibility index (Phi) is 8.12. The number of nitrogens with zero attached hydrogens (tertiary/aromatic N) is 5. The summed E-state index contributed by atoms with van der Waals surface area (Å²) in [7, 11) is 0. The molecule has 10 heteroatoms. The third kappa shape index (κ3) is 5.67. The number of fused-ring (bicyclic) bond motifs is 3. The Balaban J connectivity index is 1.22. The molecule has 2 saturated heterocycles. The molecule has 0 bridgehead atoms. The molecule has 2 aromatic carbocycles. The number of rotatable bonds is 8. The largest absolute Gasteiger partial charge is 0.508 e. The third-order valence-electron chi connectivity index (χ3n) is 11.0. The molecule has 248 valence electrons. The lowest BCUT2D eigenvalue weighted by Crippen LogP contribution is -2.52. The molecule has 2 aliphatic heterocycles. The zero-order valence-corrected chi connectivity index (χ0v) is 27.1. The van der Waals surface area contributed by atoms with Crippen molar-refractivity contribution in [3.8, 4) is 23.0 Å². The van der Waals surface area contributed by atoms with Crippen molar-refractivity contribution in [1.82, 2.24) is 19.9 Å². The van der Waals surface area contributed by atoms with Crippen LogP contribution in [0.2, 0.25) is 0 Å². The number of aromatic nitrogens is 3. The highest BCUT2D eigenvalue weighted by atomic mass is 19.1. The summed E-state index contributed by atoms with van der Waals surface area (Å²) in [5, 5.41) is 12.3. The van der Waals surface area contributed by atoms with Gasteiger partial charge in [-0.25, -0.2) is 8.78 Å². The predicted octanol–water partition coefficient (Wildman–Crippen LogP) is 7.04. The van der Waals surface area contributed by atoms with E-state index in [9.17, 15) is 5.11 Å². The van der Waals surface area contributed by atoms with Gasteiger partial charge in [-0.3, -0.25) is 9.88 Å². The summed E-state index contributed by atoms with van der Waals surface area (Å²) in [6.07, 6.45) is 11.3. The zero-order valence-electron chi connectivity index (χ0n) is 27.1. The minimum atomic E-state index is -0.648. The summed E-state index contributed by atoms with van der Waals surface area (Å²) >= 11 is 0. The van der Waals surface area contributed by atoms with Gasteiger partial charge < -0.3 is 19.5 Å². The van der Waals surface area contributed by atoms with E-state index in [4.69, 9.17) is 19.4 Å². The molecular weight excluding hydrogens is 600 g/mol. The van der Waals surface area contributed by atoms with Crippen LogP contribution >= 0.6 is 0 Å². The number of hydrogen-bond donors (Lipinski definition) is 1. The maximum atomic E-state index is 16.9. The lowest BCUT2D eigenvalue weighted by atomic mass is 9.75. The van der Waals surface area contributed by atoms with E-state index in [1.54, 1.807) is 18.3 Å². The van der Waals surface area contributed by atoms with Gasteiger partial charge in [0.2, 0.25) is 0 Å². The number of phenols is 1. The van der Waals surface area contributed by atoms with E-state index in [1.807, 2.05) is 6.92 Å². The number of piperidine rings is 1. The van der Waals surface area contributed by atoms with Crippen LogP contribution in [-0.2, 0) is 11.2 Å². The quantitative estimate of drug-likeness (QED) is 0.219. The van der Waals surface area contributed by atoms with Crippen LogP contribution < -0.4 is 9.64 Å². The first kappa shape index (κ1) is 30.7. The fraction of sp³-hybridized carbons (Fsp3) is 0.541. The highest BCUT2D eigenvalue weighted by molar-refractivity contribution is 6.01. The van der Waals surface area contributed by atoms with Gasteiger partial charge in [-0.15, -0.1) is 0 Å². The number of halogens is 2. The topological polar surface area (TPSA) is 83.8 Å². The van der Waals surface area contributed by atoms with E-state index in [1.165, 1.54) is 44.4 Å². The van der Waals surface area contributed by atoms with Crippen molar-refractivity contribution in [3.05, 3.63) is 47.7 Å². The number of likely N-dealkylation sites (tertiary alicyclic amines) is 1. The molecule has 2 atom stereocenters. The standard InChI is InChI=1S/C37H43F2N5O3/c1-2-26-29(38)10-9-24-18-25(45)19-27(31(24)26)33-32(39)34-28(20-40-33)35(43-14-5-16-46-17-15-43)42-36(41-34)47-22-37-11-3-6-30(37)44(13-4-12-37)21-23-7-8-23/h9-10,18-20,23,30,45H,2-8,11-17,21-22H2,1H3. The molecule has 47 heavy (non-hydrogen) atoms. The summed E-state index contributed by atoms with van der Waals surface area (Å²) < 4.78 is 44.2. The molecule has 2 unspecified atom stereocenters. The van der Waals surface area contributed by atoms with Crippen LogP contribution in [0, 0.1) is 23.0 Å². The van der Waals surface area contributed by atoms with E-state index in [0.29, 0.717) is 78.5 Å². The molecule has 2 aromatic heterocycles. The normalized spacial score (nSPS) is 23.7. The van der Waals surface area contributed by atoms with Crippen LogP contribution in [0.1, 0.15) is 63.9 Å². The molecule has 4 fully saturated rings. The molecule has 4 heterocycles. The number of phenolic OH excluding ortho intramolecular Hbond substituents is 1. The van der Waals surface area contributed by atoms with Gasteiger partial charge in [0.15, 0.2) is 5.82 Å². The van der Waals surface area contributed by atoms with Crippen molar-refractivity contribution in [2.45, 2.75) is 70.8 Å². The van der Waals surface area contributed by atoms with Crippen molar-refractivity contribution < 1.29 is 23.4 Å². The number of hydrogen-bond acceptors (Lipinski definition) is 8. The molecule has 0 amide bonds. The smallest absolute Gasteiger partial charge is 0.319 e. The van der Waals surface area contributed by atoms with Crippen LogP contribution in [-0.4, -0.2) is 77.0 Å². The fourth-order valence-electron chi connectivity index (χ4n) is 8.58. The number of ether oxygens (including phenoxy) is 2. The van der Waals surface area contributed by atoms with Crippen LogP contribution in [0.5, 0.6) is 11.8 Å². The first-order valence-electron chi connectivity index (χ1n) is 17.4. The Morgan fingerprint density at radius 3 is 2.74 bits per heavy atom. The monoisotopic (exact) mass is 643 g/mol. The minimum Gasteiger partial charge on any atom is -0.508 e. The van der Waals surface area contributed by atoms with Crippen molar-refractivity contribution in [2.24, 2.45) is 11.3 Å². The Hall–Kier alpha value is -3.63. The molecule has 8 nitrogen and oxygen atoms in total. The summed E-state index contributed by atoms with van der Waals surface area (Å²) in [6.45, 7) is 7.21. The molecule has 1 N–H and O–H groups in total. The predicted molar refractivity (Wildman–Crippen MR) is 178 cm³/mol. The molecule has 2 saturated carbocycles. The van der Waals surface area contributed by atoms with Gasteiger partial charge in [-0.1, -0.05) is 19.4 Å². The van der Waals surface area contributed by atoms with E-state index >= 15 is 8.78 Å². The van der Waals surface area contributed by atoms with Crippen LogP contribution in [0.15, 0.2) is 30.5 Å². The lowest BCUT2D eigenvalue weighted by molar-refractivity contribution is -0.00241. The van der Waals surface area contributed by atoms with E-state index in [2.05, 4.69) is 14.8 Å². The number of aromatic hydroxyl groups is 1. The molecule has 4 aliphatic rings. The molecule has 0 radical (unpaired) electrons. The maximum absolute atomic E-state index is 16.9. The number of aryl methyl sites for hydroxylation is 1. The fourth-order valence-corrected chi connectivity index (χ4v) is 8.58. The van der Waals surface area contributed by atoms with Crippen LogP contribution in [0.25, 0.3) is 32.9 Å². The van der Waals surface area contributed by atoms with Gasteiger partial charge in [-0.05, 0) is 98.4 Å². The first-order valence-corrected chi connectivity index (χ1v) is 17.4. The SMILES string of the molecule is CCc1c(F)ccc2cc(O)cc(-c3ncc4c(N5CCCOCC5)nc(OCC56CCCC5N(CC5CC5)CCC6)nc4c3F)c12. The maximum Gasteiger partial charge on any atom is 0.319 e. The van der Waals surface area contributed by atoms with Crippen LogP contribution in [0.3, 0.4) is 0 Å². The Labute approximate surface area is 274 Å². The number of benzene rings is 2. The molecule has 4 aromatic rings. The third-order valence-corrected chi connectivity index (χ3v) is 11.0. The first-order chi connectivity index (χ1) is 22.9. The van der Waals surface area contributed by atoms with Gasteiger partial charge in [-0.2, -0.15) is 9.97 Å². The minimum absolute atomic E-state index is 0.00551. The second kappa shape index (κ2) is 12.4. The van der Waals surface area contributed by atoms with Crippen LogP contribution in [0.4, 0.5) is 14.6 Å². The van der Waals surface area contributed by atoms with Gasteiger partial charge in [0.25, 0.3) is 0 Å². The highest BCUT2D eigenvalue weighted by Gasteiger charge is 2.49. The van der Waals surface area contributed by atoms with E-state index in [0.717, 1.165) is 38.1 Å².